The first-order valence-corrected chi connectivity index (χ1v) is 4.98. The van der Waals surface area contributed by atoms with E-state index in [4.69, 9.17) is 9.84 Å². The Balaban J connectivity index is 2.00. The molecule has 3 N–H and O–H groups in total. The summed E-state index contributed by atoms with van der Waals surface area (Å²) in [6.45, 7) is 0.219. The normalized spacial score (nSPS) is 10.1. The Morgan fingerprint density at radius 3 is 2.76 bits per heavy atom. The third-order valence-electron chi connectivity index (χ3n) is 2.19. The highest BCUT2D eigenvalue weighted by Crippen LogP contribution is 2.18. The van der Waals surface area contributed by atoms with Crippen molar-refractivity contribution in [2.24, 2.45) is 0 Å². The lowest BCUT2D eigenvalue weighted by Gasteiger charge is -2.04. The molecule has 0 aliphatic carbocycles. The van der Waals surface area contributed by atoms with Crippen LogP contribution in [0.4, 0.5) is 0 Å². The van der Waals surface area contributed by atoms with Gasteiger partial charge in [-0.2, -0.15) is 0 Å². The zero-order valence-corrected chi connectivity index (χ0v) is 8.88. The molecule has 0 aliphatic heterocycles. The molecular weight excluding hydrogens is 222 g/mol. The Kier molecular flexibility index (Phi) is 3.00. The molecule has 0 fully saturated rings. The Morgan fingerprint density at radius 1 is 1.29 bits per heavy atom. The van der Waals surface area contributed by atoms with E-state index in [-0.39, 0.29) is 18.1 Å². The molecule has 0 amide bonds. The van der Waals surface area contributed by atoms with Crippen LogP contribution in [0.3, 0.4) is 0 Å². The van der Waals surface area contributed by atoms with Gasteiger partial charge in [-0.1, -0.05) is 6.07 Å². The predicted molar refractivity (Wildman–Crippen MR) is 60.2 cm³/mol. The molecule has 2 aromatic rings. The van der Waals surface area contributed by atoms with Crippen molar-refractivity contribution >= 4 is 5.97 Å². The standard InChI is InChI=1S/C12H11NO4/c14-9-2-1-3-10(6-9)17-7-8-4-5-11(13-8)12(15)16/h1-6,13-14H,7H2,(H,15,16). The average Bonchev–Trinajstić information content (AvgIpc) is 2.75. The fraction of sp³-hybridized carbons (Fsp3) is 0.0833. The molecule has 17 heavy (non-hydrogen) atoms. The van der Waals surface area contributed by atoms with E-state index in [9.17, 15) is 9.90 Å². The van der Waals surface area contributed by atoms with E-state index in [0.29, 0.717) is 11.4 Å². The summed E-state index contributed by atoms with van der Waals surface area (Å²) in [5.41, 5.74) is 0.783. The minimum atomic E-state index is -1.01. The summed E-state index contributed by atoms with van der Waals surface area (Å²) in [6.07, 6.45) is 0. The Hall–Kier alpha value is -2.43. The van der Waals surface area contributed by atoms with Crippen LogP contribution in [-0.4, -0.2) is 21.2 Å². The van der Waals surface area contributed by atoms with Crippen molar-refractivity contribution in [3.63, 3.8) is 0 Å². The largest absolute Gasteiger partial charge is 0.508 e. The van der Waals surface area contributed by atoms with Gasteiger partial charge in [-0.15, -0.1) is 0 Å². The van der Waals surface area contributed by atoms with Gasteiger partial charge in [0.1, 0.15) is 23.8 Å². The van der Waals surface area contributed by atoms with E-state index >= 15 is 0 Å². The van der Waals surface area contributed by atoms with Crippen LogP contribution in [0.25, 0.3) is 0 Å². The number of ether oxygens (including phenoxy) is 1. The van der Waals surface area contributed by atoms with Crippen molar-refractivity contribution in [2.45, 2.75) is 6.61 Å². The van der Waals surface area contributed by atoms with Gasteiger partial charge < -0.3 is 19.9 Å². The second-order valence-corrected chi connectivity index (χ2v) is 3.49. The third kappa shape index (κ3) is 2.78. The molecule has 2 rings (SSSR count). The number of H-pyrrole nitrogens is 1. The van der Waals surface area contributed by atoms with Gasteiger partial charge in [0, 0.05) is 6.07 Å². The first-order valence-electron chi connectivity index (χ1n) is 4.98. The van der Waals surface area contributed by atoms with Crippen LogP contribution < -0.4 is 4.74 Å². The van der Waals surface area contributed by atoms with Gasteiger partial charge in [0.15, 0.2) is 0 Å². The molecule has 0 spiro atoms. The summed E-state index contributed by atoms with van der Waals surface area (Å²) in [7, 11) is 0. The second-order valence-electron chi connectivity index (χ2n) is 3.49. The lowest BCUT2D eigenvalue weighted by Crippen LogP contribution is -1.99. The van der Waals surface area contributed by atoms with Gasteiger partial charge in [-0.3, -0.25) is 0 Å². The van der Waals surface area contributed by atoms with Crippen LogP contribution in [0.15, 0.2) is 36.4 Å². The minimum Gasteiger partial charge on any atom is -0.508 e. The molecule has 0 saturated heterocycles. The van der Waals surface area contributed by atoms with E-state index in [0.717, 1.165) is 0 Å². The van der Waals surface area contributed by atoms with Gasteiger partial charge in [0.2, 0.25) is 0 Å². The number of aromatic amines is 1. The number of hydrogen-bond donors (Lipinski definition) is 3. The number of nitrogens with one attached hydrogen (secondary N) is 1. The number of hydrogen-bond acceptors (Lipinski definition) is 3. The number of carbonyl (C=O) groups is 1. The first-order chi connectivity index (χ1) is 8.15. The van der Waals surface area contributed by atoms with E-state index in [1.54, 1.807) is 24.3 Å². The van der Waals surface area contributed by atoms with Crippen LogP contribution in [0.1, 0.15) is 16.2 Å². The van der Waals surface area contributed by atoms with Gasteiger partial charge in [0.25, 0.3) is 0 Å². The molecule has 1 heterocycles. The van der Waals surface area contributed by atoms with Crippen molar-refractivity contribution in [1.82, 2.24) is 4.98 Å². The van der Waals surface area contributed by atoms with Crippen molar-refractivity contribution in [3.8, 4) is 11.5 Å². The SMILES string of the molecule is O=C(O)c1ccc(COc2cccc(O)c2)[nH]1. The molecule has 0 saturated carbocycles. The highest BCUT2D eigenvalue weighted by atomic mass is 16.5. The fourth-order valence-electron chi connectivity index (χ4n) is 1.38. The molecule has 5 nitrogen and oxygen atoms in total. The summed E-state index contributed by atoms with van der Waals surface area (Å²) >= 11 is 0. The molecule has 88 valence electrons. The number of phenolic OH excluding ortho intramolecular Hbond substituents is 1. The quantitative estimate of drug-likeness (QED) is 0.754. The summed E-state index contributed by atoms with van der Waals surface area (Å²) in [5.74, 6) is -0.356. The van der Waals surface area contributed by atoms with Crippen molar-refractivity contribution in [1.29, 1.82) is 0 Å². The molecule has 0 bridgehead atoms. The number of rotatable bonds is 4. The number of aromatic nitrogens is 1. The third-order valence-corrected chi connectivity index (χ3v) is 2.19. The van der Waals surface area contributed by atoms with Crippen molar-refractivity contribution < 1.29 is 19.7 Å². The van der Waals surface area contributed by atoms with Gasteiger partial charge in [-0.25, -0.2) is 4.79 Å². The number of benzene rings is 1. The van der Waals surface area contributed by atoms with E-state index in [1.165, 1.54) is 12.1 Å². The van der Waals surface area contributed by atoms with Crippen LogP contribution in [-0.2, 0) is 6.61 Å². The van der Waals surface area contributed by atoms with Gasteiger partial charge in [0.05, 0.1) is 5.69 Å². The molecule has 0 radical (unpaired) electrons. The average molecular weight is 233 g/mol. The molecular formula is C12H11NO4. The lowest BCUT2D eigenvalue weighted by molar-refractivity contribution is 0.0691. The number of aromatic hydroxyl groups is 1. The zero-order valence-electron chi connectivity index (χ0n) is 8.88. The molecule has 0 unspecified atom stereocenters. The number of carboxylic acid groups (broad SMARTS) is 1. The van der Waals surface area contributed by atoms with Crippen molar-refractivity contribution in [2.75, 3.05) is 0 Å². The smallest absolute Gasteiger partial charge is 0.352 e. The molecule has 1 aromatic carbocycles. The van der Waals surface area contributed by atoms with Crippen LogP contribution in [0, 0.1) is 0 Å². The minimum absolute atomic E-state index is 0.125. The van der Waals surface area contributed by atoms with Crippen LogP contribution in [0.2, 0.25) is 0 Å². The Morgan fingerprint density at radius 2 is 2.12 bits per heavy atom. The summed E-state index contributed by atoms with van der Waals surface area (Å²) in [5, 5.41) is 17.9. The Bertz CT molecular complexity index is 533. The lowest BCUT2D eigenvalue weighted by atomic mass is 10.3. The number of aromatic carboxylic acids is 1. The first kappa shape index (κ1) is 11.1. The number of carboxylic acids is 1. The molecule has 0 atom stereocenters. The maximum atomic E-state index is 10.6. The maximum absolute atomic E-state index is 10.6. The topological polar surface area (TPSA) is 82.6 Å². The van der Waals surface area contributed by atoms with Gasteiger partial charge >= 0.3 is 5.97 Å². The predicted octanol–water partition coefficient (Wildman–Crippen LogP) is 2.00. The number of phenols is 1. The monoisotopic (exact) mass is 233 g/mol. The summed E-state index contributed by atoms with van der Waals surface area (Å²) in [6, 6.07) is 9.53. The van der Waals surface area contributed by atoms with Gasteiger partial charge in [-0.05, 0) is 24.3 Å². The van der Waals surface area contributed by atoms with Crippen LogP contribution >= 0.6 is 0 Å². The summed E-state index contributed by atoms with van der Waals surface area (Å²) in [4.78, 5) is 13.3. The highest BCUT2D eigenvalue weighted by Gasteiger charge is 2.05. The molecule has 5 heteroatoms. The van der Waals surface area contributed by atoms with E-state index in [2.05, 4.69) is 4.98 Å². The van der Waals surface area contributed by atoms with E-state index < -0.39 is 5.97 Å². The summed E-state index contributed by atoms with van der Waals surface area (Å²) < 4.78 is 5.38. The zero-order chi connectivity index (χ0) is 12.3. The highest BCUT2D eigenvalue weighted by molar-refractivity contribution is 5.85. The molecule has 1 aromatic heterocycles. The maximum Gasteiger partial charge on any atom is 0.352 e. The van der Waals surface area contributed by atoms with Crippen molar-refractivity contribution in [3.05, 3.63) is 47.8 Å². The van der Waals surface area contributed by atoms with Crippen LogP contribution in [0.5, 0.6) is 11.5 Å². The fourth-order valence-corrected chi connectivity index (χ4v) is 1.38. The van der Waals surface area contributed by atoms with E-state index in [1.807, 2.05) is 0 Å². The Labute approximate surface area is 97.3 Å². The second kappa shape index (κ2) is 4.61. The molecule has 0 aliphatic rings.